The van der Waals surface area contributed by atoms with Crippen LogP contribution in [0.15, 0.2) is 60.2 Å². The molecule has 0 saturated carbocycles. The number of carbonyl (C=O) groups excluding carboxylic acids is 2. The molecule has 0 aliphatic carbocycles. The number of aryl methyl sites for hydroxylation is 1. The standard InChI is InChI=1S/C28H29N3O5S/c1-18-23(29-27(37-18)19-7-4-3-5-8-19)25(32)22-24(20-9-6-10-21(17-20)35-2)31(28(34)26(22)33)12-11-30-13-15-36-16-14-30/h3-10,17,24,32H,11-16H2,1-2H3/t24-/m0/s1. The SMILES string of the molecule is COc1cccc([C@H]2C(=C(O)c3nc(-c4ccccc4)sc3C)C(=O)C(=O)N2CCN2CCOCC2)c1. The highest BCUT2D eigenvalue weighted by molar-refractivity contribution is 7.15. The van der Waals surface area contributed by atoms with Gasteiger partial charge in [0.05, 0.1) is 31.9 Å². The lowest BCUT2D eigenvalue weighted by atomic mass is 9.96. The average Bonchev–Trinajstić information content (AvgIpc) is 3.45. The Balaban J connectivity index is 1.57. The number of aliphatic hydroxyl groups is 1. The Morgan fingerprint density at radius 2 is 1.86 bits per heavy atom. The normalized spacial score (nSPS) is 19.9. The molecule has 2 saturated heterocycles. The molecular formula is C28H29N3O5S. The van der Waals surface area contributed by atoms with Gasteiger partial charge in [0.1, 0.15) is 16.5 Å². The Morgan fingerprint density at radius 3 is 2.59 bits per heavy atom. The van der Waals surface area contributed by atoms with E-state index in [1.54, 1.807) is 24.1 Å². The van der Waals surface area contributed by atoms with Crippen LogP contribution >= 0.6 is 11.3 Å². The molecule has 1 aromatic heterocycles. The number of Topliss-reactive ketones (excluding diaryl/α,β-unsaturated/α-hetero) is 1. The number of ketones is 1. The number of likely N-dealkylation sites (tertiary alicyclic amines) is 1. The maximum absolute atomic E-state index is 13.4. The molecule has 0 spiro atoms. The van der Waals surface area contributed by atoms with E-state index in [0.717, 1.165) is 28.5 Å². The van der Waals surface area contributed by atoms with Crippen LogP contribution in [-0.2, 0) is 14.3 Å². The van der Waals surface area contributed by atoms with Crippen LogP contribution in [-0.4, -0.2) is 78.1 Å². The number of aliphatic hydroxyl groups excluding tert-OH is 1. The minimum Gasteiger partial charge on any atom is -0.505 e. The molecule has 0 unspecified atom stereocenters. The van der Waals surface area contributed by atoms with Crippen molar-refractivity contribution in [1.82, 2.24) is 14.8 Å². The molecule has 37 heavy (non-hydrogen) atoms. The first kappa shape index (κ1) is 25.1. The van der Waals surface area contributed by atoms with Crippen molar-refractivity contribution in [1.29, 1.82) is 0 Å². The van der Waals surface area contributed by atoms with Crippen LogP contribution in [0.2, 0.25) is 0 Å². The molecule has 1 atom stereocenters. The zero-order valence-corrected chi connectivity index (χ0v) is 21.7. The van der Waals surface area contributed by atoms with Gasteiger partial charge < -0.3 is 19.5 Å². The van der Waals surface area contributed by atoms with E-state index < -0.39 is 17.7 Å². The topological polar surface area (TPSA) is 92.2 Å². The van der Waals surface area contributed by atoms with Crippen molar-refractivity contribution in [2.45, 2.75) is 13.0 Å². The lowest BCUT2D eigenvalue weighted by Gasteiger charge is -2.31. The second-order valence-electron chi connectivity index (χ2n) is 9.01. The Bertz CT molecular complexity index is 1330. The fraction of sp³-hybridized carbons (Fsp3) is 0.321. The number of thiazole rings is 1. The van der Waals surface area contributed by atoms with Crippen LogP contribution in [0.1, 0.15) is 22.2 Å². The zero-order chi connectivity index (χ0) is 25.9. The van der Waals surface area contributed by atoms with Crippen molar-refractivity contribution in [2.75, 3.05) is 46.5 Å². The lowest BCUT2D eigenvalue weighted by molar-refractivity contribution is -0.140. The number of hydrogen-bond acceptors (Lipinski definition) is 8. The van der Waals surface area contributed by atoms with Crippen LogP contribution in [0, 0.1) is 6.92 Å². The van der Waals surface area contributed by atoms with E-state index in [9.17, 15) is 14.7 Å². The average molecular weight is 520 g/mol. The highest BCUT2D eigenvalue weighted by atomic mass is 32.1. The number of amides is 1. The molecule has 1 N–H and O–H groups in total. The van der Waals surface area contributed by atoms with E-state index in [1.165, 1.54) is 11.3 Å². The van der Waals surface area contributed by atoms with Crippen LogP contribution in [0.4, 0.5) is 0 Å². The van der Waals surface area contributed by atoms with Crippen LogP contribution in [0.25, 0.3) is 16.3 Å². The quantitative estimate of drug-likeness (QED) is 0.288. The zero-order valence-electron chi connectivity index (χ0n) is 20.8. The van der Waals surface area contributed by atoms with Gasteiger partial charge in [-0.1, -0.05) is 42.5 Å². The number of carbonyl (C=O) groups is 2. The van der Waals surface area contributed by atoms with Crippen LogP contribution in [0.3, 0.4) is 0 Å². The summed E-state index contributed by atoms with van der Waals surface area (Å²) in [6, 6.07) is 16.2. The first-order valence-electron chi connectivity index (χ1n) is 12.2. The number of nitrogens with zero attached hydrogens (tertiary/aromatic N) is 3. The maximum atomic E-state index is 13.4. The van der Waals surface area contributed by atoms with Gasteiger partial charge in [0, 0.05) is 36.6 Å². The summed E-state index contributed by atoms with van der Waals surface area (Å²) in [6.45, 7) is 5.63. The predicted molar refractivity (Wildman–Crippen MR) is 142 cm³/mol. The van der Waals surface area contributed by atoms with Crippen molar-refractivity contribution in [3.8, 4) is 16.3 Å². The lowest BCUT2D eigenvalue weighted by Crippen LogP contribution is -2.42. The maximum Gasteiger partial charge on any atom is 0.295 e. The second kappa shape index (κ2) is 10.8. The van der Waals surface area contributed by atoms with Gasteiger partial charge in [-0.25, -0.2) is 4.98 Å². The van der Waals surface area contributed by atoms with E-state index >= 15 is 0 Å². The van der Waals surface area contributed by atoms with Crippen molar-refractivity contribution >= 4 is 28.8 Å². The fourth-order valence-electron chi connectivity index (χ4n) is 4.79. The smallest absolute Gasteiger partial charge is 0.295 e. The fourth-order valence-corrected chi connectivity index (χ4v) is 5.71. The molecule has 3 aromatic rings. The summed E-state index contributed by atoms with van der Waals surface area (Å²) in [5.41, 5.74) is 1.99. The summed E-state index contributed by atoms with van der Waals surface area (Å²) in [5.74, 6) is -0.983. The third kappa shape index (κ3) is 5.02. The third-order valence-corrected chi connectivity index (χ3v) is 7.77. The van der Waals surface area contributed by atoms with Crippen LogP contribution < -0.4 is 4.74 Å². The van der Waals surface area contributed by atoms with Crippen molar-refractivity contribution in [3.05, 3.63) is 76.3 Å². The monoisotopic (exact) mass is 519 g/mol. The van der Waals surface area contributed by atoms with Crippen molar-refractivity contribution in [2.24, 2.45) is 0 Å². The third-order valence-electron chi connectivity index (χ3n) is 6.75. The molecule has 8 nitrogen and oxygen atoms in total. The number of hydrogen-bond donors (Lipinski definition) is 1. The minimum absolute atomic E-state index is 0.0493. The highest BCUT2D eigenvalue weighted by Gasteiger charge is 2.46. The van der Waals surface area contributed by atoms with E-state index in [0.29, 0.717) is 43.3 Å². The molecular weight excluding hydrogens is 490 g/mol. The molecule has 2 aliphatic rings. The minimum atomic E-state index is -0.752. The molecule has 192 valence electrons. The van der Waals surface area contributed by atoms with Gasteiger partial charge in [-0.3, -0.25) is 14.5 Å². The Kier molecular flexibility index (Phi) is 7.36. The van der Waals surface area contributed by atoms with E-state index in [4.69, 9.17) is 9.47 Å². The van der Waals surface area contributed by atoms with Gasteiger partial charge in [-0.2, -0.15) is 0 Å². The Hall–Kier alpha value is -3.53. The number of aromatic nitrogens is 1. The summed E-state index contributed by atoms with van der Waals surface area (Å²) in [5, 5.41) is 12.2. The molecule has 0 bridgehead atoms. The predicted octanol–water partition coefficient (Wildman–Crippen LogP) is 3.88. The van der Waals surface area contributed by atoms with Gasteiger partial charge in [0.25, 0.3) is 11.7 Å². The van der Waals surface area contributed by atoms with Crippen molar-refractivity contribution < 1.29 is 24.2 Å². The van der Waals surface area contributed by atoms with E-state index in [2.05, 4.69) is 9.88 Å². The van der Waals surface area contributed by atoms with Gasteiger partial charge in [-0.05, 0) is 24.6 Å². The molecule has 1 amide bonds. The first-order valence-corrected chi connectivity index (χ1v) is 13.0. The molecule has 2 fully saturated rings. The molecule has 3 heterocycles. The largest absolute Gasteiger partial charge is 0.505 e. The highest BCUT2D eigenvalue weighted by Crippen LogP contribution is 2.41. The van der Waals surface area contributed by atoms with E-state index in [1.807, 2.05) is 49.4 Å². The summed E-state index contributed by atoms with van der Waals surface area (Å²) >= 11 is 1.44. The Labute approximate surface area is 219 Å². The second-order valence-corrected chi connectivity index (χ2v) is 10.2. The number of methoxy groups -OCH3 is 1. The number of ether oxygens (including phenoxy) is 2. The van der Waals surface area contributed by atoms with Gasteiger partial charge >= 0.3 is 0 Å². The van der Waals surface area contributed by atoms with Crippen LogP contribution in [0.5, 0.6) is 5.75 Å². The summed E-state index contributed by atoms with van der Waals surface area (Å²) in [7, 11) is 1.57. The summed E-state index contributed by atoms with van der Waals surface area (Å²) in [6.07, 6.45) is 0. The first-order chi connectivity index (χ1) is 18.0. The summed E-state index contributed by atoms with van der Waals surface area (Å²) in [4.78, 5) is 35.9. The number of benzene rings is 2. The number of rotatable bonds is 7. The Morgan fingerprint density at radius 1 is 1.11 bits per heavy atom. The molecule has 2 aromatic carbocycles. The molecule has 0 radical (unpaired) electrons. The van der Waals surface area contributed by atoms with Gasteiger partial charge in [0.15, 0.2) is 5.76 Å². The molecule has 5 rings (SSSR count). The molecule has 2 aliphatic heterocycles. The summed E-state index contributed by atoms with van der Waals surface area (Å²) < 4.78 is 10.8. The van der Waals surface area contributed by atoms with Crippen molar-refractivity contribution in [3.63, 3.8) is 0 Å². The molecule has 9 heteroatoms. The van der Waals surface area contributed by atoms with E-state index in [-0.39, 0.29) is 11.3 Å². The van der Waals surface area contributed by atoms with Gasteiger partial charge in [0.2, 0.25) is 0 Å². The number of morpholine rings is 1. The van der Waals surface area contributed by atoms with Gasteiger partial charge in [-0.15, -0.1) is 11.3 Å².